The number of ether oxygens (including phenoxy) is 1. The van der Waals surface area contributed by atoms with Crippen LogP contribution < -0.4 is 4.74 Å². The van der Waals surface area contributed by atoms with E-state index in [1.165, 1.54) is 24.3 Å². The average Bonchev–Trinajstić information content (AvgIpc) is 2.45. The number of alkyl halides is 3. The highest BCUT2D eigenvalue weighted by Gasteiger charge is 2.30. The van der Waals surface area contributed by atoms with Crippen LogP contribution in [0, 0.1) is 6.92 Å². The second-order valence-electron chi connectivity index (χ2n) is 4.76. The van der Waals surface area contributed by atoms with E-state index in [-0.39, 0.29) is 17.9 Å². The van der Waals surface area contributed by atoms with Gasteiger partial charge in [-0.25, -0.2) is 4.79 Å². The Kier molecular flexibility index (Phi) is 4.40. The van der Waals surface area contributed by atoms with Crippen molar-refractivity contribution in [3.05, 3.63) is 64.7 Å². The summed E-state index contributed by atoms with van der Waals surface area (Å²) < 4.78 is 43.2. The zero-order chi connectivity index (χ0) is 16.3. The van der Waals surface area contributed by atoms with E-state index in [0.29, 0.717) is 11.1 Å². The Labute approximate surface area is 125 Å². The van der Waals surface area contributed by atoms with Gasteiger partial charge >= 0.3 is 12.1 Å². The predicted octanol–water partition coefficient (Wildman–Crippen LogP) is 4.29. The van der Waals surface area contributed by atoms with Crippen LogP contribution in [-0.2, 0) is 12.8 Å². The lowest BCUT2D eigenvalue weighted by atomic mass is 10.1. The number of rotatable bonds is 4. The Balaban J connectivity index is 2.12. The second-order valence-corrected chi connectivity index (χ2v) is 4.76. The first-order chi connectivity index (χ1) is 10.3. The molecular formula is C16H13F3O3. The Bertz CT molecular complexity index is 693. The number of hydrogen-bond acceptors (Lipinski definition) is 2. The van der Waals surface area contributed by atoms with E-state index in [1.54, 1.807) is 13.0 Å². The number of carboxylic acids is 1. The van der Waals surface area contributed by atoms with Gasteiger partial charge in [-0.2, -0.15) is 13.2 Å². The molecule has 0 saturated carbocycles. The van der Waals surface area contributed by atoms with Gasteiger partial charge in [0.1, 0.15) is 12.4 Å². The average molecular weight is 310 g/mol. The molecule has 6 heteroatoms. The lowest BCUT2D eigenvalue weighted by molar-refractivity contribution is -0.137. The zero-order valence-electron chi connectivity index (χ0n) is 11.6. The van der Waals surface area contributed by atoms with Gasteiger partial charge in [-0.1, -0.05) is 12.1 Å². The highest BCUT2D eigenvalue weighted by atomic mass is 19.4. The first-order valence-electron chi connectivity index (χ1n) is 6.40. The van der Waals surface area contributed by atoms with Gasteiger partial charge < -0.3 is 9.84 Å². The van der Waals surface area contributed by atoms with Gasteiger partial charge in [-0.15, -0.1) is 0 Å². The maximum Gasteiger partial charge on any atom is 0.416 e. The van der Waals surface area contributed by atoms with Crippen molar-refractivity contribution in [2.24, 2.45) is 0 Å². The first-order valence-corrected chi connectivity index (χ1v) is 6.40. The summed E-state index contributed by atoms with van der Waals surface area (Å²) in [4.78, 5) is 10.8. The molecule has 22 heavy (non-hydrogen) atoms. The third kappa shape index (κ3) is 3.78. The molecule has 0 aliphatic rings. The Hall–Kier alpha value is -2.50. The van der Waals surface area contributed by atoms with Gasteiger partial charge in [0, 0.05) is 0 Å². The zero-order valence-corrected chi connectivity index (χ0v) is 11.6. The van der Waals surface area contributed by atoms with Gasteiger partial charge in [-0.3, -0.25) is 0 Å². The van der Waals surface area contributed by atoms with Crippen LogP contribution in [-0.4, -0.2) is 11.1 Å². The number of halogens is 3. The number of aryl methyl sites for hydroxylation is 1. The fourth-order valence-corrected chi connectivity index (χ4v) is 1.91. The molecule has 2 rings (SSSR count). The number of aromatic carboxylic acids is 1. The summed E-state index contributed by atoms with van der Waals surface area (Å²) in [6.07, 6.45) is -4.42. The van der Waals surface area contributed by atoms with Crippen LogP contribution in [0.15, 0.2) is 42.5 Å². The molecule has 0 radical (unpaired) electrons. The monoisotopic (exact) mass is 310 g/mol. The van der Waals surface area contributed by atoms with Gasteiger partial charge in [-0.05, 0) is 48.4 Å². The summed E-state index contributed by atoms with van der Waals surface area (Å²) in [7, 11) is 0. The van der Waals surface area contributed by atoms with Crippen molar-refractivity contribution < 1.29 is 27.8 Å². The molecule has 0 heterocycles. The molecule has 0 aliphatic carbocycles. The molecule has 0 aliphatic heterocycles. The van der Waals surface area contributed by atoms with Crippen LogP contribution in [0.25, 0.3) is 0 Å². The van der Waals surface area contributed by atoms with Crippen LogP contribution in [0.3, 0.4) is 0 Å². The van der Waals surface area contributed by atoms with Crippen molar-refractivity contribution in [1.82, 2.24) is 0 Å². The van der Waals surface area contributed by atoms with E-state index < -0.39 is 17.7 Å². The Morgan fingerprint density at radius 2 is 1.91 bits per heavy atom. The summed E-state index contributed by atoms with van der Waals surface area (Å²) in [5.74, 6) is -0.926. The number of hydrogen-bond donors (Lipinski definition) is 1. The number of carboxylic acid groups (broad SMARTS) is 1. The molecule has 0 unspecified atom stereocenters. The maximum atomic E-state index is 12.6. The van der Waals surface area contributed by atoms with Crippen molar-refractivity contribution in [1.29, 1.82) is 0 Å². The van der Waals surface area contributed by atoms with Crippen LogP contribution in [0.2, 0.25) is 0 Å². The highest BCUT2D eigenvalue weighted by Crippen LogP contribution is 2.31. The normalized spacial score (nSPS) is 11.3. The lowest BCUT2D eigenvalue weighted by Crippen LogP contribution is -2.06. The summed E-state index contributed by atoms with van der Waals surface area (Å²) in [5.41, 5.74) is 0.789. The first kappa shape index (κ1) is 15.9. The lowest BCUT2D eigenvalue weighted by Gasteiger charge is -2.11. The Morgan fingerprint density at radius 3 is 2.50 bits per heavy atom. The van der Waals surface area contributed by atoms with Crippen LogP contribution in [0.4, 0.5) is 13.2 Å². The van der Waals surface area contributed by atoms with Crippen LogP contribution >= 0.6 is 0 Å². The maximum absolute atomic E-state index is 12.6. The molecule has 0 bridgehead atoms. The van der Waals surface area contributed by atoms with E-state index in [9.17, 15) is 18.0 Å². The fourth-order valence-electron chi connectivity index (χ4n) is 1.91. The quantitative estimate of drug-likeness (QED) is 0.916. The number of carbonyl (C=O) groups is 1. The third-order valence-electron chi connectivity index (χ3n) is 3.15. The van der Waals surface area contributed by atoms with E-state index in [2.05, 4.69) is 0 Å². The predicted molar refractivity (Wildman–Crippen MR) is 73.9 cm³/mol. The largest absolute Gasteiger partial charge is 0.489 e. The molecule has 2 aromatic rings. The fraction of sp³-hybridized carbons (Fsp3) is 0.188. The van der Waals surface area contributed by atoms with Gasteiger partial charge in [0.2, 0.25) is 0 Å². The standard InChI is InChI=1S/C16H13F3O3/c1-10-7-11(15(20)21)5-6-12(10)9-22-14-4-2-3-13(8-14)16(17,18)19/h2-8H,9H2,1H3,(H,20,21). The molecule has 2 aromatic carbocycles. The van der Waals surface area contributed by atoms with E-state index in [1.807, 2.05) is 0 Å². The SMILES string of the molecule is Cc1cc(C(=O)O)ccc1COc1cccc(C(F)(F)F)c1. The summed E-state index contributed by atoms with van der Waals surface area (Å²) in [6.45, 7) is 1.78. The topological polar surface area (TPSA) is 46.5 Å². The minimum Gasteiger partial charge on any atom is -0.489 e. The third-order valence-corrected chi connectivity index (χ3v) is 3.15. The molecule has 0 amide bonds. The van der Waals surface area contributed by atoms with Gasteiger partial charge in [0.25, 0.3) is 0 Å². The minimum atomic E-state index is -4.42. The van der Waals surface area contributed by atoms with Gasteiger partial charge in [0.05, 0.1) is 11.1 Å². The minimum absolute atomic E-state index is 0.0625. The smallest absolute Gasteiger partial charge is 0.416 e. The molecular weight excluding hydrogens is 297 g/mol. The summed E-state index contributed by atoms with van der Waals surface area (Å²) in [5, 5.41) is 8.88. The van der Waals surface area contributed by atoms with E-state index in [4.69, 9.17) is 9.84 Å². The van der Waals surface area contributed by atoms with E-state index in [0.717, 1.165) is 12.1 Å². The number of benzene rings is 2. The van der Waals surface area contributed by atoms with Crippen LogP contribution in [0.1, 0.15) is 27.0 Å². The highest BCUT2D eigenvalue weighted by molar-refractivity contribution is 5.87. The summed E-state index contributed by atoms with van der Waals surface area (Å²) >= 11 is 0. The molecule has 0 atom stereocenters. The molecule has 0 saturated heterocycles. The Morgan fingerprint density at radius 1 is 1.18 bits per heavy atom. The van der Waals surface area contributed by atoms with Crippen LogP contribution in [0.5, 0.6) is 5.75 Å². The molecule has 1 N–H and O–H groups in total. The molecule has 3 nitrogen and oxygen atoms in total. The van der Waals surface area contributed by atoms with Crippen molar-refractivity contribution in [2.45, 2.75) is 19.7 Å². The molecule has 0 aromatic heterocycles. The van der Waals surface area contributed by atoms with Crippen molar-refractivity contribution in [3.63, 3.8) is 0 Å². The van der Waals surface area contributed by atoms with E-state index >= 15 is 0 Å². The van der Waals surface area contributed by atoms with Crippen molar-refractivity contribution in [2.75, 3.05) is 0 Å². The second kappa shape index (κ2) is 6.09. The molecule has 0 fully saturated rings. The van der Waals surface area contributed by atoms with Crippen molar-refractivity contribution in [3.8, 4) is 5.75 Å². The molecule has 116 valence electrons. The van der Waals surface area contributed by atoms with Gasteiger partial charge in [0.15, 0.2) is 0 Å². The van der Waals surface area contributed by atoms with Crippen molar-refractivity contribution >= 4 is 5.97 Å². The molecule has 0 spiro atoms. The summed E-state index contributed by atoms with van der Waals surface area (Å²) in [6, 6.07) is 9.13.